The fourth-order valence-electron chi connectivity index (χ4n) is 3.95. The van der Waals surface area contributed by atoms with Gasteiger partial charge in [0.15, 0.2) is 11.2 Å². The molecule has 0 unspecified atom stereocenters. The van der Waals surface area contributed by atoms with Crippen molar-refractivity contribution in [3.05, 3.63) is 52.1 Å². The molecule has 2 amide bonds. The number of aromatic nitrogens is 4. The van der Waals surface area contributed by atoms with Gasteiger partial charge >= 0.3 is 5.97 Å². The Bertz CT molecular complexity index is 1590. The first-order valence-corrected chi connectivity index (χ1v) is 17.8. The summed E-state index contributed by atoms with van der Waals surface area (Å²) in [6, 6.07) is 6.77. The molecule has 0 atom stereocenters. The Morgan fingerprint density at radius 2 is 1.44 bits per heavy atom. The maximum Gasteiger partial charge on any atom is 0.303 e. The Labute approximate surface area is 320 Å². The maximum absolute atomic E-state index is 12.0. The van der Waals surface area contributed by atoms with Gasteiger partial charge in [0.25, 0.3) is 11.5 Å². The number of carbonyl (C=O) groups excluding carboxylic acids is 2. The average molecular weight is 775 g/mol. The van der Waals surface area contributed by atoms with Gasteiger partial charge in [-0.05, 0) is 30.7 Å². The van der Waals surface area contributed by atoms with Crippen molar-refractivity contribution in [2.45, 2.75) is 33.2 Å². The van der Waals surface area contributed by atoms with E-state index in [4.69, 9.17) is 45.7 Å². The number of benzene rings is 1. The van der Waals surface area contributed by atoms with Gasteiger partial charge in [-0.2, -0.15) is 4.98 Å². The van der Waals surface area contributed by atoms with Crippen molar-refractivity contribution < 1.29 is 47.9 Å². The van der Waals surface area contributed by atoms with E-state index in [-0.39, 0.29) is 29.4 Å². The van der Waals surface area contributed by atoms with Crippen molar-refractivity contribution in [1.29, 1.82) is 0 Å². The largest absolute Gasteiger partial charge is 0.481 e. The monoisotopic (exact) mass is 774 g/mol. The van der Waals surface area contributed by atoms with Crippen LogP contribution in [0.4, 0.5) is 11.6 Å². The topological polar surface area (TPSA) is 260 Å². The molecule has 0 aliphatic carbocycles. The standard InChI is InChI=1S/C18H19N7O4.C16H29NO7.C2H6/c19-18-24-15-14(17(29)25-18)23-12(9-22-15)8-21-11-5-3-10(4-6-11)16(28)20-7-1-2-13(26)27;1-2-4-19-6-8-21-10-12-23-14-15-24-13-11-22-9-7-20-5-3-17-16-18;1-2/h3-6,9,21H,1-2,7-8H2,(H,20,28)(H,26,27)(H3,19,22,24,25,29);1,16H,3-15H2,(H,17,18);1-2H3. The molecule has 0 fully saturated rings. The number of nitrogens with zero attached hydrogens (tertiary/aromatic N) is 3. The van der Waals surface area contributed by atoms with Crippen molar-refractivity contribution in [3.63, 3.8) is 0 Å². The number of H-pyrrole nitrogens is 1. The van der Waals surface area contributed by atoms with E-state index in [9.17, 15) is 19.2 Å². The van der Waals surface area contributed by atoms with Gasteiger partial charge in [-0.1, -0.05) is 19.8 Å². The van der Waals surface area contributed by atoms with Crippen LogP contribution in [0.1, 0.15) is 42.7 Å². The minimum atomic E-state index is -0.893. The number of carboxylic acid groups (broad SMARTS) is 1. The van der Waals surface area contributed by atoms with Gasteiger partial charge in [-0.15, -0.1) is 6.42 Å². The van der Waals surface area contributed by atoms with E-state index in [2.05, 4.69) is 41.8 Å². The molecule has 3 aromatic rings. The molecular formula is C36H54N8O11. The fourth-order valence-corrected chi connectivity index (χ4v) is 3.95. The Hall–Kier alpha value is -5.23. The zero-order chi connectivity index (χ0) is 40.4. The molecule has 0 radical (unpaired) electrons. The minimum absolute atomic E-state index is 0.0100. The second kappa shape index (κ2) is 32.2. The Kier molecular flexibility index (Phi) is 28.0. The summed E-state index contributed by atoms with van der Waals surface area (Å²) in [5.74, 6) is 1.20. The predicted molar refractivity (Wildman–Crippen MR) is 204 cm³/mol. The van der Waals surface area contributed by atoms with Gasteiger partial charge in [0.05, 0.1) is 91.1 Å². The molecule has 7 N–H and O–H groups in total. The van der Waals surface area contributed by atoms with Crippen LogP contribution >= 0.6 is 0 Å². The summed E-state index contributed by atoms with van der Waals surface area (Å²) in [6.07, 6.45) is 7.56. The summed E-state index contributed by atoms with van der Waals surface area (Å²) >= 11 is 0. The first-order valence-electron chi connectivity index (χ1n) is 17.8. The molecule has 304 valence electrons. The van der Waals surface area contributed by atoms with Gasteiger partial charge in [0.2, 0.25) is 12.4 Å². The van der Waals surface area contributed by atoms with Crippen LogP contribution in [-0.4, -0.2) is 136 Å². The molecule has 0 saturated heterocycles. The lowest BCUT2D eigenvalue weighted by Crippen LogP contribution is -2.24. The van der Waals surface area contributed by atoms with Crippen LogP contribution in [0.25, 0.3) is 11.2 Å². The number of hydrogen-bond donors (Lipinski definition) is 6. The highest BCUT2D eigenvalue weighted by molar-refractivity contribution is 5.94. The lowest BCUT2D eigenvalue weighted by Gasteiger charge is -2.08. The average Bonchev–Trinajstić information content (AvgIpc) is 3.19. The molecule has 2 aromatic heterocycles. The molecule has 1 aromatic carbocycles. The Morgan fingerprint density at radius 3 is 1.98 bits per heavy atom. The molecular weight excluding hydrogens is 720 g/mol. The number of aromatic amines is 1. The summed E-state index contributed by atoms with van der Waals surface area (Å²) in [4.78, 5) is 59.0. The highest BCUT2D eigenvalue weighted by Crippen LogP contribution is 2.11. The van der Waals surface area contributed by atoms with Crippen molar-refractivity contribution in [2.75, 3.05) is 103 Å². The summed E-state index contributed by atoms with van der Waals surface area (Å²) in [5.41, 5.74) is 7.05. The Morgan fingerprint density at radius 1 is 0.873 bits per heavy atom. The Balaban J connectivity index is 0.000000537. The van der Waals surface area contributed by atoms with Crippen LogP contribution < -0.4 is 27.2 Å². The first kappa shape index (κ1) is 47.8. The number of terminal acetylenes is 1. The van der Waals surface area contributed by atoms with Gasteiger partial charge in [0, 0.05) is 30.8 Å². The van der Waals surface area contributed by atoms with Crippen molar-refractivity contribution in [3.8, 4) is 12.3 Å². The van der Waals surface area contributed by atoms with Crippen LogP contribution in [0.5, 0.6) is 0 Å². The zero-order valence-corrected chi connectivity index (χ0v) is 31.5. The number of carbonyl (C=O) groups is 3. The molecule has 19 heteroatoms. The normalized spacial score (nSPS) is 10.3. The van der Waals surface area contributed by atoms with Gasteiger partial charge in [0.1, 0.15) is 6.61 Å². The van der Waals surface area contributed by atoms with Gasteiger partial charge in [-0.25, -0.2) is 9.97 Å². The van der Waals surface area contributed by atoms with E-state index in [1.54, 1.807) is 24.3 Å². The number of aliphatic carboxylic acids is 1. The molecule has 2 heterocycles. The second-order valence-electron chi connectivity index (χ2n) is 10.6. The first-order chi connectivity index (χ1) is 26.8. The molecule has 55 heavy (non-hydrogen) atoms. The number of fused-ring (bicyclic) bond motifs is 1. The molecule has 0 aliphatic heterocycles. The zero-order valence-electron chi connectivity index (χ0n) is 31.5. The number of anilines is 2. The lowest BCUT2D eigenvalue weighted by atomic mass is 10.2. The highest BCUT2D eigenvalue weighted by atomic mass is 16.6. The van der Waals surface area contributed by atoms with Crippen LogP contribution in [0.15, 0.2) is 35.3 Å². The lowest BCUT2D eigenvalue weighted by molar-refractivity contribution is -0.137. The second-order valence-corrected chi connectivity index (χ2v) is 10.6. The fraction of sp³-hybridized carbons (Fsp3) is 0.528. The number of carboxylic acids is 1. The molecule has 19 nitrogen and oxygen atoms in total. The summed E-state index contributed by atoms with van der Waals surface area (Å²) in [7, 11) is 0. The molecule has 0 spiro atoms. The number of ether oxygens (including phenoxy) is 6. The quantitative estimate of drug-likeness (QED) is 0.0341. The number of rotatable bonds is 28. The van der Waals surface area contributed by atoms with E-state index in [1.807, 2.05) is 13.8 Å². The third kappa shape index (κ3) is 23.9. The predicted octanol–water partition coefficient (Wildman–Crippen LogP) is 0.993. The van der Waals surface area contributed by atoms with Gasteiger partial charge in [-0.3, -0.25) is 24.2 Å². The maximum atomic E-state index is 12.0. The molecule has 0 saturated carbocycles. The number of nitrogen functional groups attached to an aromatic ring is 1. The molecule has 0 aliphatic rings. The van der Waals surface area contributed by atoms with Crippen LogP contribution in [0, 0.1) is 12.3 Å². The van der Waals surface area contributed by atoms with Crippen molar-refractivity contribution in [2.24, 2.45) is 0 Å². The summed E-state index contributed by atoms with van der Waals surface area (Å²) in [6.45, 7) is 11.0. The third-order valence-electron chi connectivity index (χ3n) is 6.48. The minimum Gasteiger partial charge on any atom is -0.481 e. The molecule has 0 bridgehead atoms. The van der Waals surface area contributed by atoms with Crippen LogP contribution in [0.2, 0.25) is 0 Å². The van der Waals surface area contributed by atoms with Crippen LogP contribution in [-0.2, 0) is 44.6 Å². The van der Waals surface area contributed by atoms with Crippen LogP contribution in [0.3, 0.4) is 0 Å². The smallest absolute Gasteiger partial charge is 0.303 e. The van der Waals surface area contributed by atoms with E-state index < -0.39 is 11.5 Å². The SMILES string of the molecule is C#CCOCCOCCOCCOCCOCCOCCNC=O.CC.Nc1nc2ncc(CNc3ccc(C(=O)NCCCC(=O)O)cc3)nc2c(=O)[nH]1. The van der Waals surface area contributed by atoms with E-state index in [0.717, 1.165) is 5.69 Å². The third-order valence-corrected chi connectivity index (χ3v) is 6.48. The summed E-state index contributed by atoms with van der Waals surface area (Å²) in [5, 5.41) is 16.9. The number of nitrogens with one attached hydrogen (secondary N) is 4. The summed E-state index contributed by atoms with van der Waals surface area (Å²) < 4.78 is 31.6. The van der Waals surface area contributed by atoms with Gasteiger partial charge < -0.3 is 55.2 Å². The van der Waals surface area contributed by atoms with Crippen molar-refractivity contribution >= 4 is 41.1 Å². The number of nitrogens with two attached hydrogens (primary N) is 1. The molecule has 3 rings (SSSR count). The van der Waals surface area contributed by atoms with Crippen molar-refractivity contribution in [1.82, 2.24) is 30.6 Å². The highest BCUT2D eigenvalue weighted by Gasteiger charge is 2.08. The number of hydrogen-bond acceptors (Lipinski definition) is 15. The van der Waals surface area contributed by atoms with E-state index in [0.29, 0.717) is 123 Å². The van der Waals surface area contributed by atoms with E-state index in [1.165, 1.54) is 6.20 Å². The van der Waals surface area contributed by atoms with E-state index >= 15 is 0 Å². The number of amides is 2.